The molecule has 1 N–H and O–H groups in total. The van der Waals surface area contributed by atoms with Crippen LogP contribution in [0.2, 0.25) is 5.02 Å². The number of carboxylic acids is 1. The van der Waals surface area contributed by atoms with Crippen molar-refractivity contribution in [2.24, 2.45) is 7.05 Å². The summed E-state index contributed by atoms with van der Waals surface area (Å²) in [6.45, 7) is -0.687. The summed E-state index contributed by atoms with van der Waals surface area (Å²) in [4.78, 5) is 35.6. The van der Waals surface area contributed by atoms with Crippen LogP contribution < -0.4 is 11.2 Å². The average molecular weight is 449 g/mol. The molecule has 0 saturated carbocycles. The third-order valence-corrected chi connectivity index (χ3v) is 4.26. The molecule has 2 heterocycles. The molecule has 1 aromatic carbocycles. The first-order valence-corrected chi connectivity index (χ1v) is 8.17. The fraction of sp³-hybridized carbons (Fsp3) is 0.200. The van der Waals surface area contributed by atoms with Crippen LogP contribution in [0.5, 0.6) is 0 Å². The molecule has 0 aliphatic heterocycles. The van der Waals surface area contributed by atoms with Gasteiger partial charge in [-0.2, -0.15) is 13.2 Å². The quantitative estimate of drug-likeness (QED) is 0.592. The van der Waals surface area contributed by atoms with Crippen molar-refractivity contribution in [3.8, 4) is 17.1 Å². The number of hydrogen-bond acceptors (Lipinski definition) is 6. The lowest BCUT2D eigenvalue weighted by atomic mass is 10.1. The topological polar surface area (TPSA) is 125 Å². The smallest absolute Gasteiger partial charge is 0.431 e. The van der Waals surface area contributed by atoms with Gasteiger partial charge in [0.25, 0.3) is 5.56 Å². The molecule has 15 heteroatoms. The second kappa shape index (κ2) is 7.37. The van der Waals surface area contributed by atoms with Crippen LogP contribution in [-0.4, -0.2) is 40.4 Å². The molecular weight excluding hydrogens is 440 g/mol. The Morgan fingerprint density at radius 1 is 1.23 bits per heavy atom. The number of carbonyl (C=O) groups is 1. The summed E-state index contributed by atoms with van der Waals surface area (Å²) in [7, 11) is 0.767. The van der Waals surface area contributed by atoms with Gasteiger partial charge in [0.1, 0.15) is 18.1 Å². The van der Waals surface area contributed by atoms with Gasteiger partial charge < -0.3 is 5.11 Å². The normalized spacial score (nSPS) is 11.7. The maximum atomic E-state index is 14.5. The van der Waals surface area contributed by atoms with Crippen LogP contribution in [0.15, 0.2) is 27.8 Å². The number of benzene rings is 1. The van der Waals surface area contributed by atoms with Crippen LogP contribution >= 0.6 is 11.6 Å². The summed E-state index contributed by atoms with van der Waals surface area (Å²) >= 11 is 5.97. The van der Waals surface area contributed by atoms with Gasteiger partial charge in [-0.25, -0.2) is 18.4 Å². The van der Waals surface area contributed by atoms with Gasteiger partial charge >= 0.3 is 17.8 Å². The summed E-state index contributed by atoms with van der Waals surface area (Å²) < 4.78 is 54.7. The van der Waals surface area contributed by atoms with Crippen LogP contribution in [0, 0.1) is 5.82 Å². The summed E-state index contributed by atoms with van der Waals surface area (Å²) in [5.74, 6) is -2.74. The molecule has 10 nitrogen and oxygen atoms in total. The lowest BCUT2D eigenvalue weighted by molar-refractivity contribution is -0.144. The lowest BCUT2D eigenvalue weighted by Gasteiger charge is -2.15. The van der Waals surface area contributed by atoms with Crippen molar-refractivity contribution >= 4 is 17.6 Å². The van der Waals surface area contributed by atoms with Crippen molar-refractivity contribution < 1.29 is 27.5 Å². The van der Waals surface area contributed by atoms with Gasteiger partial charge in [-0.15, -0.1) is 5.10 Å². The highest BCUT2D eigenvalue weighted by molar-refractivity contribution is 6.33. The highest BCUT2D eigenvalue weighted by Crippen LogP contribution is 2.30. The van der Waals surface area contributed by atoms with Crippen LogP contribution in [0.4, 0.5) is 17.6 Å². The third-order valence-electron chi connectivity index (χ3n) is 3.95. The van der Waals surface area contributed by atoms with E-state index < -0.39 is 47.1 Å². The van der Waals surface area contributed by atoms with E-state index in [1.165, 1.54) is 0 Å². The number of tetrazole rings is 1. The van der Waals surface area contributed by atoms with Gasteiger partial charge in [-0.3, -0.25) is 14.2 Å². The van der Waals surface area contributed by atoms with Crippen LogP contribution in [0.3, 0.4) is 0 Å². The number of rotatable bonds is 4. The maximum Gasteiger partial charge on any atom is 0.431 e. The molecule has 0 aliphatic carbocycles. The highest BCUT2D eigenvalue weighted by atomic mass is 35.5. The largest absolute Gasteiger partial charge is 0.480 e. The van der Waals surface area contributed by atoms with E-state index in [2.05, 4.69) is 15.5 Å². The Morgan fingerprint density at radius 3 is 2.50 bits per heavy atom. The van der Waals surface area contributed by atoms with E-state index in [4.69, 9.17) is 16.7 Å². The zero-order chi connectivity index (χ0) is 22.4. The molecule has 0 amide bonds. The molecule has 0 atom stereocenters. The molecular formula is C15H9ClF4N6O4. The molecule has 0 radical (unpaired) electrons. The maximum absolute atomic E-state index is 14.5. The van der Waals surface area contributed by atoms with Gasteiger partial charge in [0, 0.05) is 18.7 Å². The SMILES string of the molecule is Cn1c(C(F)(F)F)cc(=O)n(-c2cc(-c3nnnn3CC(=O)O)c(Cl)cc2F)c1=O. The fourth-order valence-corrected chi connectivity index (χ4v) is 2.87. The third kappa shape index (κ3) is 3.68. The monoisotopic (exact) mass is 448 g/mol. The van der Waals surface area contributed by atoms with E-state index >= 15 is 0 Å². The Hall–Kier alpha value is -3.55. The molecule has 2 aromatic heterocycles. The second-order valence-corrected chi connectivity index (χ2v) is 6.29. The van der Waals surface area contributed by atoms with Crippen molar-refractivity contribution in [2.45, 2.75) is 12.7 Å². The van der Waals surface area contributed by atoms with Crippen molar-refractivity contribution in [3.63, 3.8) is 0 Å². The van der Waals surface area contributed by atoms with Gasteiger partial charge in [-0.05, 0) is 22.6 Å². The molecule has 3 rings (SSSR count). The van der Waals surface area contributed by atoms with Gasteiger partial charge in [0.2, 0.25) is 0 Å². The van der Waals surface area contributed by atoms with E-state index in [-0.39, 0.29) is 31.6 Å². The highest BCUT2D eigenvalue weighted by Gasteiger charge is 2.35. The minimum Gasteiger partial charge on any atom is -0.480 e. The number of aliphatic carboxylic acids is 1. The molecule has 0 spiro atoms. The predicted molar refractivity (Wildman–Crippen MR) is 91.7 cm³/mol. The molecule has 0 bridgehead atoms. The summed E-state index contributed by atoms with van der Waals surface area (Å²) in [5, 5.41) is 18.9. The first-order chi connectivity index (χ1) is 13.9. The number of carboxylic acid groups (broad SMARTS) is 1. The van der Waals surface area contributed by atoms with Crippen molar-refractivity contribution in [3.05, 3.63) is 55.6 Å². The molecule has 3 aromatic rings. The van der Waals surface area contributed by atoms with Crippen molar-refractivity contribution in [2.75, 3.05) is 0 Å². The Kier molecular flexibility index (Phi) is 5.20. The Bertz CT molecular complexity index is 1280. The van der Waals surface area contributed by atoms with Gasteiger partial charge in [-0.1, -0.05) is 11.6 Å². The molecule has 0 unspecified atom stereocenters. The first-order valence-electron chi connectivity index (χ1n) is 7.80. The Balaban J connectivity index is 2.28. The molecule has 0 fully saturated rings. The fourth-order valence-electron chi connectivity index (χ4n) is 2.63. The minimum absolute atomic E-state index is 0.142. The Labute approximate surface area is 167 Å². The Morgan fingerprint density at radius 2 is 1.90 bits per heavy atom. The van der Waals surface area contributed by atoms with E-state index in [1.54, 1.807) is 0 Å². The molecule has 0 saturated heterocycles. The number of alkyl halides is 3. The van der Waals surface area contributed by atoms with Crippen LogP contribution in [0.1, 0.15) is 5.69 Å². The standard InChI is InChI=1S/C15H9ClF4N6O4/c1-24-10(15(18,19)20)4-11(27)26(14(24)30)9-2-6(7(16)3-8(9)17)13-21-22-23-25(13)5-12(28)29/h2-4H,5H2,1H3,(H,28,29). The van der Waals surface area contributed by atoms with Crippen LogP contribution in [0.25, 0.3) is 17.1 Å². The van der Waals surface area contributed by atoms with Crippen molar-refractivity contribution in [1.29, 1.82) is 0 Å². The number of hydrogen-bond donors (Lipinski definition) is 1. The second-order valence-electron chi connectivity index (χ2n) is 5.88. The first kappa shape index (κ1) is 21.2. The zero-order valence-electron chi connectivity index (χ0n) is 14.7. The van der Waals surface area contributed by atoms with E-state index in [1.807, 2.05) is 0 Å². The van der Waals surface area contributed by atoms with E-state index in [0.717, 1.165) is 17.8 Å². The van der Waals surface area contributed by atoms with Crippen molar-refractivity contribution in [1.82, 2.24) is 29.3 Å². The predicted octanol–water partition coefficient (Wildman–Crippen LogP) is 1.09. The van der Waals surface area contributed by atoms with Crippen LogP contribution in [-0.2, 0) is 24.6 Å². The molecule has 0 aliphatic rings. The van der Waals surface area contributed by atoms with Gasteiger partial charge in [0.15, 0.2) is 5.82 Å². The van der Waals surface area contributed by atoms with E-state index in [0.29, 0.717) is 6.07 Å². The lowest BCUT2D eigenvalue weighted by Crippen LogP contribution is -2.41. The number of aromatic nitrogens is 6. The number of halogens is 5. The average Bonchev–Trinajstić information content (AvgIpc) is 3.06. The molecule has 158 valence electrons. The summed E-state index contributed by atoms with van der Waals surface area (Å²) in [5.41, 5.74) is -5.31. The summed E-state index contributed by atoms with van der Waals surface area (Å²) in [6.07, 6.45) is -4.99. The number of nitrogens with zero attached hydrogens (tertiary/aromatic N) is 6. The van der Waals surface area contributed by atoms with Gasteiger partial charge in [0.05, 0.1) is 10.7 Å². The zero-order valence-corrected chi connectivity index (χ0v) is 15.4. The van der Waals surface area contributed by atoms with E-state index in [9.17, 15) is 31.9 Å². The summed E-state index contributed by atoms with van der Waals surface area (Å²) in [6, 6.07) is 1.69. The molecule has 30 heavy (non-hydrogen) atoms. The minimum atomic E-state index is -4.99.